The molecule has 0 radical (unpaired) electrons. The van der Waals surface area contributed by atoms with Crippen LogP contribution in [0.4, 0.5) is 5.69 Å². The Morgan fingerprint density at radius 1 is 1.04 bits per heavy atom. The van der Waals surface area contributed by atoms with Crippen LogP contribution in [0.3, 0.4) is 0 Å². The summed E-state index contributed by atoms with van der Waals surface area (Å²) in [6.45, 7) is 0. The van der Waals surface area contributed by atoms with Gasteiger partial charge in [0, 0.05) is 5.56 Å². The summed E-state index contributed by atoms with van der Waals surface area (Å²) in [7, 11) is 0. The molecule has 0 aliphatic rings. The molecule has 0 atom stereocenters. The van der Waals surface area contributed by atoms with E-state index in [2.05, 4.69) is 10.3 Å². The zero-order valence-electron chi connectivity index (χ0n) is 12.1. The Labute approximate surface area is 134 Å². The first-order valence-corrected chi connectivity index (χ1v) is 6.55. The molecule has 9 nitrogen and oxygen atoms in total. The van der Waals surface area contributed by atoms with Crippen LogP contribution >= 0.6 is 0 Å². The number of carbonyl (C=O) groups excluding carboxylic acids is 1. The third-order valence-corrected chi connectivity index (χ3v) is 3.02. The largest absolute Gasteiger partial charge is 0.508 e. The Morgan fingerprint density at radius 3 is 2.29 bits per heavy atom. The number of hydrogen-bond donors (Lipinski definition) is 5. The fourth-order valence-electron chi connectivity index (χ4n) is 1.90. The number of carbonyl (C=O) groups is 3. The van der Waals surface area contributed by atoms with E-state index < -0.39 is 35.8 Å². The van der Waals surface area contributed by atoms with Crippen molar-refractivity contribution in [2.24, 2.45) is 0 Å². The highest BCUT2D eigenvalue weighted by molar-refractivity contribution is 6.06. The second-order valence-electron chi connectivity index (χ2n) is 4.76. The summed E-state index contributed by atoms with van der Waals surface area (Å²) in [5, 5.41) is 39.4. The molecule has 0 spiro atoms. The molecule has 0 aliphatic heterocycles. The van der Waals surface area contributed by atoms with Crippen molar-refractivity contribution in [3.63, 3.8) is 0 Å². The Bertz CT molecular complexity index is 815. The summed E-state index contributed by atoms with van der Waals surface area (Å²) in [5.74, 6) is -4.15. The van der Waals surface area contributed by atoms with Gasteiger partial charge in [-0.1, -0.05) is 0 Å². The average molecular weight is 332 g/mol. The summed E-state index contributed by atoms with van der Waals surface area (Å²) >= 11 is 0. The van der Waals surface area contributed by atoms with Gasteiger partial charge in [-0.25, -0.2) is 9.78 Å². The van der Waals surface area contributed by atoms with E-state index in [1.165, 1.54) is 12.1 Å². The number of rotatable bonds is 5. The highest BCUT2D eigenvalue weighted by Gasteiger charge is 2.17. The van der Waals surface area contributed by atoms with E-state index in [-0.39, 0.29) is 22.5 Å². The van der Waals surface area contributed by atoms with Gasteiger partial charge in [-0.15, -0.1) is 0 Å². The number of aromatic hydroxyl groups is 2. The number of phenols is 2. The van der Waals surface area contributed by atoms with Gasteiger partial charge in [-0.3, -0.25) is 9.59 Å². The average Bonchev–Trinajstić information content (AvgIpc) is 2.50. The molecule has 0 saturated heterocycles. The van der Waals surface area contributed by atoms with E-state index in [9.17, 15) is 24.6 Å². The zero-order valence-corrected chi connectivity index (χ0v) is 12.1. The molecular formula is C15H12N2O7. The number of amides is 1. The van der Waals surface area contributed by atoms with Gasteiger partial charge in [0.2, 0.25) is 0 Å². The minimum Gasteiger partial charge on any atom is -0.508 e. The van der Waals surface area contributed by atoms with Crippen molar-refractivity contribution in [1.82, 2.24) is 4.98 Å². The van der Waals surface area contributed by atoms with Gasteiger partial charge < -0.3 is 25.7 Å². The normalized spacial score (nSPS) is 10.2. The minimum atomic E-state index is -1.22. The predicted molar refractivity (Wildman–Crippen MR) is 80.3 cm³/mol. The summed E-state index contributed by atoms with van der Waals surface area (Å²) in [6.07, 6.45) is 0.610. The lowest BCUT2D eigenvalue weighted by Crippen LogP contribution is -2.13. The lowest BCUT2D eigenvalue weighted by atomic mass is 10.1. The lowest BCUT2D eigenvalue weighted by Gasteiger charge is -2.09. The highest BCUT2D eigenvalue weighted by Crippen LogP contribution is 2.28. The minimum absolute atomic E-state index is 0.0379. The second kappa shape index (κ2) is 6.65. The summed E-state index contributed by atoms with van der Waals surface area (Å²) in [5.41, 5.74) is -0.335. The Kier molecular flexibility index (Phi) is 4.64. The second-order valence-corrected chi connectivity index (χ2v) is 4.76. The third-order valence-electron chi connectivity index (χ3n) is 3.02. The molecule has 0 saturated carbocycles. The summed E-state index contributed by atoms with van der Waals surface area (Å²) < 4.78 is 0. The van der Waals surface area contributed by atoms with Crippen molar-refractivity contribution >= 4 is 23.5 Å². The van der Waals surface area contributed by atoms with Gasteiger partial charge in [0.25, 0.3) is 5.91 Å². The van der Waals surface area contributed by atoms with Crippen LogP contribution in [0, 0.1) is 0 Å². The van der Waals surface area contributed by atoms with E-state index in [1.54, 1.807) is 0 Å². The molecule has 2 rings (SSSR count). The van der Waals surface area contributed by atoms with Gasteiger partial charge in [0.05, 0.1) is 23.9 Å². The number of phenolic OH excluding ortho intramolecular Hbond substituents is 2. The maximum atomic E-state index is 12.1. The van der Waals surface area contributed by atoms with Crippen LogP contribution in [-0.4, -0.2) is 43.3 Å². The molecule has 1 aromatic carbocycles. The Morgan fingerprint density at radius 2 is 1.75 bits per heavy atom. The molecule has 24 heavy (non-hydrogen) atoms. The topological polar surface area (TPSA) is 157 Å². The SMILES string of the molecule is O=C(O)Cc1cc(O)c(C(=O)Nc2ccc(C(=O)O)nc2)cc1O. The third kappa shape index (κ3) is 3.77. The smallest absolute Gasteiger partial charge is 0.354 e. The molecule has 9 heteroatoms. The standard InChI is InChI=1S/C15H12N2O7/c18-11-5-9(12(19)3-7(11)4-13(20)21)14(22)17-8-1-2-10(15(23)24)16-6-8/h1-3,5-6,18-19H,4H2,(H,17,22)(H,20,21)(H,23,24). The van der Waals surface area contributed by atoms with Gasteiger partial charge in [0.1, 0.15) is 17.2 Å². The van der Waals surface area contributed by atoms with Gasteiger partial charge >= 0.3 is 11.9 Å². The van der Waals surface area contributed by atoms with Crippen molar-refractivity contribution in [2.75, 3.05) is 5.32 Å². The number of aliphatic carboxylic acids is 1. The summed E-state index contributed by atoms with van der Waals surface area (Å²) in [6, 6.07) is 4.43. The van der Waals surface area contributed by atoms with Crippen LogP contribution in [0.25, 0.3) is 0 Å². The molecule has 5 N–H and O–H groups in total. The molecule has 1 aromatic heterocycles. The molecule has 1 amide bonds. The van der Waals surface area contributed by atoms with Gasteiger partial charge in [-0.2, -0.15) is 0 Å². The van der Waals surface area contributed by atoms with Gasteiger partial charge in [-0.05, 0) is 24.3 Å². The number of carboxylic acids is 2. The monoisotopic (exact) mass is 332 g/mol. The molecule has 0 bridgehead atoms. The van der Waals surface area contributed by atoms with E-state index in [4.69, 9.17) is 10.2 Å². The van der Waals surface area contributed by atoms with E-state index in [0.29, 0.717) is 0 Å². The summed E-state index contributed by atoms with van der Waals surface area (Å²) in [4.78, 5) is 37.1. The Balaban J connectivity index is 2.21. The van der Waals surface area contributed by atoms with Crippen molar-refractivity contribution in [3.8, 4) is 11.5 Å². The fraction of sp³-hybridized carbons (Fsp3) is 0.0667. The van der Waals surface area contributed by atoms with E-state index in [0.717, 1.165) is 18.3 Å². The molecular weight excluding hydrogens is 320 g/mol. The predicted octanol–water partition coefficient (Wildman–Crippen LogP) is 1.07. The first-order valence-electron chi connectivity index (χ1n) is 6.55. The van der Waals surface area contributed by atoms with Crippen LogP contribution in [0.15, 0.2) is 30.5 Å². The number of nitrogens with one attached hydrogen (secondary N) is 1. The zero-order chi connectivity index (χ0) is 17.9. The molecule has 0 unspecified atom stereocenters. The maximum Gasteiger partial charge on any atom is 0.354 e. The number of pyridine rings is 1. The fourth-order valence-corrected chi connectivity index (χ4v) is 1.90. The number of carboxylic acid groups (broad SMARTS) is 2. The van der Waals surface area contributed by atoms with E-state index >= 15 is 0 Å². The Hall–Kier alpha value is -3.62. The molecule has 124 valence electrons. The number of anilines is 1. The number of aromatic carboxylic acids is 1. The van der Waals surface area contributed by atoms with Crippen molar-refractivity contribution in [2.45, 2.75) is 6.42 Å². The first-order chi connectivity index (χ1) is 11.3. The number of nitrogens with zero attached hydrogens (tertiary/aromatic N) is 1. The van der Waals surface area contributed by atoms with Gasteiger partial charge in [0.15, 0.2) is 0 Å². The van der Waals surface area contributed by atoms with Crippen molar-refractivity contribution < 1.29 is 34.8 Å². The van der Waals surface area contributed by atoms with Crippen LogP contribution in [-0.2, 0) is 11.2 Å². The maximum absolute atomic E-state index is 12.1. The highest BCUT2D eigenvalue weighted by atomic mass is 16.4. The van der Waals surface area contributed by atoms with Crippen molar-refractivity contribution in [1.29, 1.82) is 0 Å². The molecule has 2 aromatic rings. The molecule has 1 heterocycles. The van der Waals surface area contributed by atoms with Crippen LogP contribution < -0.4 is 5.32 Å². The number of hydrogen-bond acceptors (Lipinski definition) is 6. The first kappa shape index (κ1) is 16.7. The number of aromatic nitrogens is 1. The van der Waals surface area contributed by atoms with E-state index in [1.807, 2.05) is 0 Å². The van der Waals surface area contributed by atoms with Crippen LogP contribution in [0.5, 0.6) is 11.5 Å². The lowest BCUT2D eigenvalue weighted by molar-refractivity contribution is -0.136. The van der Waals surface area contributed by atoms with Crippen LogP contribution in [0.2, 0.25) is 0 Å². The molecule has 0 aliphatic carbocycles. The van der Waals surface area contributed by atoms with Crippen molar-refractivity contribution in [3.05, 3.63) is 47.3 Å². The number of benzene rings is 1. The molecule has 0 fully saturated rings. The quantitative estimate of drug-likeness (QED) is 0.509. The van der Waals surface area contributed by atoms with Crippen LogP contribution in [0.1, 0.15) is 26.4 Å².